The van der Waals surface area contributed by atoms with E-state index in [1.54, 1.807) is 6.07 Å². The fraction of sp³-hybridized carbons (Fsp3) is 0.250. The number of ether oxygens (including phenoxy) is 1. The lowest BCUT2D eigenvalue weighted by Gasteiger charge is -1.82. The molecular weight excluding hydrogens is 92.1 g/mol. The van der Waals surface area contributed by atoms with Gasteiger partial charge in [-0.1, -0.05) is 0 Å². The number of nitriles is 1. The Morgan fingerprint density at radius 2 is 2.86 bits per heavy atom. The maximum Gasteiger partial charge on any atom is 0.291 e. The largest absolute Gasteiger partial charge is 0.461 e. The first kappa shape index (κ1) is 4.13. The van der Waals surface area contributed by atoms with E-state index in [4.69, 9.17) is 5.26 Å². The van der Waals surface area contributed by atoms with Crippen LogP contribution in [0, 0.1) is 17.9 Å². The van der Waals surface area contributed by atoms with Gasteiger partial charge in [0.15, 0.2) is 12.7 Å². The molecule has 0 saturated carbocycles. The Balaban J connectivity index is 2.57. The Bertz CT molecular complexity index is 133. The zero-order valence-corrected chi connectivity index (χ0v) is 3.59. The molecule has 0 aromatic rings. The lowest BCUT2D eigenvalue weighted by molar-refractivity contribution is 0.431. The van der Waals surface area contributed by atoms with Crippen molar-refractivity contribution < 1.29 is 4.74 Å². The molecule has 35 valence electrons. The van der Waals surface area contributed by atoms with Crippen molar-refractivity contribution in [3.05, 3.63) is 6.61 Å². The van der Waals surface area contributed by atoms with Crippen molar-refractivity contribution in [3.8, 4) is 6.07 Å². The third kappa shape index (κ3) is 0.686. The second-order valence-corrected chi connectivity index (χ2v) is 1.04. The van der Waals surface area contributed by atoms with Crippen molar-refractivity contribution in [2.45, 2.75) is 0 Å². The molecule has 1 aliphatic heterocycles. The maximum atomic E-state index is 8.04. The van der Waals surface area contributed by atoms with E-state index in [9.17, 15) is 0 Å². The summed E-state index contributed by atoms with van der Waals surface area (Å²) in [4.78, 5) is 3.63. The molecule has 0 spiro atoms. The van der Waals surface area contributed by atoms with E-state index in [0.717, 1.165) is 0 Å². The highest BCUT2D eigenvalue weighted by Gasteiger charge is 2.03. The van der Waals surface area contributed by atoms with Crippen LogP contribution in [-0.2, 0) is 4.74 Å². The van der Waals surface area contributed by atoms with Gasteiger partial charge >= 0.3 is 0 Å². The van der Waals surface area contributed by atoms with Gasteiger partial charge in [0, 0.05) is 0 Å². The molecule has 0 aromatic heterocycles. The number of aliphatic imine (C=N–C) groups is 1. The Kier molecular flexibility index (Phi) is 0.947. The zero-order chi connectivity index (χ0) is 5.11. The van der Waals surface area contributed by atoms with Crippen molar-refractivity contribution in [2.75, 3.05) is 6.54 Å². The van der Waals surface area contributed by atoms with Crippen molar-refractivity contribution in [1.29, 1.82) is 5.26 Å². The van der Waals surface area contributed by atoms with Crippen LogP contribution in [0.4, 0.5) is 0 Å². The van der Waals surface area contributed by atoms with Crippen LogP contribution in [-0.4, -0.2) is 12.4 Å². The molecule has 3 nitrogen and oxygen atoms in total. The molecule has 3 heteroatoms. The first-order valence-electron chi connectivity index (χ1n) is 1.86. The summed E-state index contributed by atoms with van der Waals surface area (Å²) < 4.78 is 4.57. The molecule has 0 unspecified atom stereocenters. The highest BCUT2D eigenvalue weighted by atomic mass is 16.5. The molecule has 1 heterocycles. The predicted molar refractivity (Wildman–Crippen MR) is 23.3 cm³/mol. The van der Waals surface area contributed by atoms with Gasteiger partial charge in [0.2, 0.25) is 0 Å². The first-order chi connectivity index (χ1) is 3.43. The van der Waals surface area contributed by atoms with Crippen molar-refractivity contribution in [1.82, 2.24) is 0 Å². The van der Waals surface area contributed by atoms with Gasteiger partial charge in [-0.15, -0.1) is 0 Å². The van der Waals surface area contributed by atoms with Crippen molar-refractivity contribution in [3.63, 3.8) is 0 Å². The fourth-order valence-corrected chi connectivity index (χ4v) is 0.335. The van der Waals surface area contributed by atoms with E-state index in [-0.39, 0.29) is 5.90 Å². The van der Waals surface area contributed by atoms with Gasteiger partial charge in [-0.25, -0.2) is 4.99 Å². The summed E-state index contributed by atoms with van der Waals surface area (Å²) >= 11 is 0. The third-order valence-electron chi connectivity index (χ3n) is 0.600. The predicted octanol–water partition coefficient (Wildman–Crippen LogP) is 0.100. The first-order valence-corrected chi connectivity index (χ1v) is 1.86. The van der Waals surface area contributed by atoms with E-state index in [1.165, 1.54) is 6.61 Å². The van der Waals surface area contributed by atoms with Crippen molar-refractivity contribution >= 4 is 5.90 Å². The van der Waals surface area contributed by atoms with E-state index in [1.807, 2.05) is 0 Å². The van der Waals surface area contributed by atoms with Crippen molar-refractivity contribution in [2.24, 2.45) is 4.99 Å². The molecule has 0 atom stereocenters. The average Bonchev–Trinajstić information content (AvgIpc) is 2.14. The summed E-state index contributed by atoms with van der Waals surface area (Å²) in [5, 5.41) is 8.04. The molecule has 1 aliphatic rings. The molecule has 0 amide bonds. The van der Waals surface area contributed by atoms with Crippen LogP contribution < -0.4 is 0 Å². The molecule has 0 aromatic carbocycles. The summed E-state index contributed by atoms with van der Waals surface area (Å²) in [6.07, 6.45) is 0. The van der Waals surface area contributed by atoms with Crippen LogP contribution in [0.15, 0.2) is 4.99 Å². The molecule has 1 rings (SSSR count). The molecule has 0 saturated heterocycles. The quantitative estimate of drug-likeness (QED) is 0.428. The minimum absolute atomic E-state index is 0.167. The van der Waals surface area contributed by atoms with Gasteiger partial charge in [0.25, 0.3) is 5.90 Å². The normalized spacial score (nSPS) is 17.3. The summed E-state index contributed by atoms with van der Waals surface area (Å²) in [6, 6.07) is 1.76. The molecule has 0 aliphatic carbocycles. The van der Waals surface area contributed by atoms with Crippen LogP contribution in [0.1, 0.15) is 0 Å². The molecule has 1 radical (unpaired) electrons. The van der Waals surface area contributed by atoms with Crippen LogP contribution >= 0.6 is 0 Å². The minimum atomic E-state index is 0.167. The minimum Gasteiger partial charge on any atom is -0.461 e. The number of rotatable bonds is 0. The lowest BCUT2D eigenvalue weighted by Crippen LogP contribution is -1.88. The second kappa shape index (κ2) is 1.61. The van der Waals surface area contributed by atoms with Gasteiger partial charge in [-0.2, -0.15) is 5.26 Å². The van der Waals surface area contributed by atoms with E-state index >= 15 is 0 Å². The maximum absolute atomic E-state index is 8.04. The zero-order valence-electron chi connectivity index (χ0n) is 3.59. The molecule has 0 fully saturated rings. The summed E-state index contributed by atoms with van der Waals surface area (Å²) in [5.74, 6) is 0.167. The number of nitrogens with zero attached hydrogens (tertiary/aromatic N) is 2. The molecule has 0 N–H and O–H groups in total. The second-order valence-electron chi connectivity index (χ2n) is 1.04. The van der Waals surface area contributed by atoms with Gasteiger partial charge in [0.05, 0.1) is 6.54 Å². The average molecular weight is 95.1 g/mol. The van der Waals surface area contributed by atoms with Crippen LogP contribution in [0.3, 0.4) is 0 Å². The van der Waals surface area contributed by atoms with E-state index in [0.29, 0.717) is 6.54 Å². The highest BCUT2D eigenvalue weighted by Crippen LogP contribution is 1.95. The third-order valence-corrected chi connectivity index (χ3v) is 0.600. The van der Waals surface area contributed by atoms with Crippen LogP contribution in [0.5, 0.6) is 0 Å². The Labute approximate surface area is 41.2 Å². The highest BCUT2D eigenvalue weighted by molar-refractivity contribution is 5.92. The number of hydrogen-bond donors (Lipinski definition) is 0. The summed E-state index contributed by atoms with van der Waals surface area (Å²) in [5.41, 5.74) is 0. The SMILES string of the molecule is N#CC1=NC[CH]O1. The van der Waals surface area contributed by atoms with E-state index < -0.39 is 0 Å². The summed E-state index contributed by atoms with van der Waals surface area (Å²) in [6.45, 7) is 2.00. The monoisotopic (exact) mass is 95.0 g/mol. The number of hydrogen-bond acceptors (Lipinski definition) is 3. The van der Waals surface area contributed by atoms with Gasteiger partial charge < -0.3 is 4.74 Å². The summed E-state index contributed by atoms with van der Waals surface area (Å²) in [7, 11) is 0. The van der Waals surface area contributed by atoms with Crippen LogP contribution in [0.25, 0.3) is 0 Å². The van der Waals surface area contributed by atoms with E-state index in [2.05, 4.69) is 9.73 Å². The Hall–Kier alpha value is -1.04. The fourth-order valence-electron chi connectivity index (χ4n) is 0.335. The Morgan fingerprint density at radius 3 is 3.14 bits per heavy atom. The van der Waals surface area contributed by atoms with Gasteiger partial charge in [0.1, 0.15) is 0 Å². The van der Waals surface area contributed by atoms with Gasteiger partial charge in [-0.3, -0.25) is 0 Å². The standard InChI is InChI=1S/C4H3N2O/c5-3-4-6-1-2-7-4/h2H,1H2. The smallest absolute Gasteiger partial charge is 0.291 e. The van der Waals surface area contributed by atoms with Crippen LogP contribution in [0.2, 0.25) is 0 Å². The molecular formula is C4H3N2O. The topological polar surface area (TPSA) is 45.4 Å². The van der Waals surface area contributed by atoms with Gasteiger partial charge in [-0.05, 0) is 0 Å². The lowest BCUT2D eigenvalue weighted by atomic mass is 10.7. The Morgan fingerprint density at radius 1 is 2.00 bits per heavy atom. The molecule has 0 bridgehead atoms. The molecule has 7 heavy (non-hydrogen) atoms.